The predicted molar refractivity (Wildman–Crippen MR) is 166 cm³/mol. The van der Waals surface area contributed by atoms with Crippen LogP contribution in [0.2, 0.25) is 0 Å². The molecule has 0 amide bonds. The van der Waals surface area contributed by atoms with Crippen molar-refractivity contribution in [2.24, 2.45) is 11.8 Å². The van der Waals surface area contributed by atoms with Crippen molar-refractivity contribution in [3.8, 4) is 17.1 Å². The van der Waals surface area contributed by atoms with E-state index in [0.29, 0.717) is 25.7 Å². The summed E-state index contributed by atoms with van der Waals surface area (Å²) in [6.07, 6.45) is 18.2. The molecule has 2 aliphatic rings. The first-order chi connectivity index (χ1) is 21.3. The van der Waals surface area contributed by atoms with Gasteiger partial charge in [-0.1, -0.05) is 110 Å². The zero-order chi connectivity index (χ0) is 31.4. The molecule has 0 bridgehead atoms. The highest BCUT2D eigenvalue weighted by molar-refractivity contribution is 5.57. The average Bonchev–Trinajstić information content (AvgIpc) is 3.82. The second-order valence-corrected chi connectivity index (χ2v) is 13.1. The van der Waals surface area contributed by atoms with Crippen molar-refractivity contribution in [1.82, 2.24) is 9.97 Å². The highest BCUT2D eigenvalue weighted by Crippen LogP contribution is 2.48. The van der Waals surface area contributed by atoms with E-state index in [9.17, 15) is 8.78 Å². The van der Waals surface area contributed by atoms with Crippen LogP contribution in [0.4, 0.5) is 22.0 Å². The highest BCUT2D eigenvalue weighted by atomic mass is 19.3. The number of alkyl halides is 3. The smallest absolute Gasteiger partial charge is 0.280 e. The normalized spacial score (nSPS) is 18.3. The van der Waals surface area contributed by atoms with Crippen LogP contribution in [0.5, 0.6) is 5.75 Å². The van der Waals surface area contributed by atoms with Crippen molar-refractivity contribution < 1.29 is 26.7 Å². The summed E-state index contributed by atoms with van der Waals surface area (Å²) in [5.74, 6) is -5.64. The van der Waals surface area contributed by atoms with Gasteiger partial charge < -0.3 is 4.74 Å². The van der Waals surface area contributed by atoms with Crippen LogP contribution in [0.3, 0.4) is 0 Å². The molecule has 8 heteroatoms. The lowest BCUT2D eigenvalue weighted by atomic mass is 9.78. The van der Waals surface area contributed by atoms with Crippen LogP contribution in [-0.4, -0.2) is 22.7 Å². The molecule has 2 aromatic heterocycles. The van der Waals surface area contributed by atoms with E-state index in [-0.39, 0.29) is 35.7 Å². The maximum Gasteiger partial charge on any atom is 0.280 e. The van der Waals surface area contributed by atoms with Gasteiger partial charge in [-0.2, -0.15) is 8.78 Å². The van der Waals surface area contributed by atoms with E-state index in [4.69, 9.17) is 4.74 Å². The van der Waals surface area contributed by atoms with Crippen molar-refractivity contribution in [3.05, 3.63) is 41.2 Å². The zero-order valence-electron chi connectivity index (χ0n) is 26.5. The molecule has 3 nitrogen and oxygen atoms in total. The SMILES string of the molecule is CCCCCCCCC(F)COc1ccc(-c2cc3c(c(F)n2)C(F)(F)C(CCCCCCCCCC2CC2)CC3)nc1F. The number of pyridine rings is 2. The number of fused-ring (bicyclic) bond motifs is 1. The van der Waals surface area contributed by atoms with Crippen molar-refractivity contribution in [1.29, 1.82) is 0 Å². The Balaban J connectivity index is 1.24. The van der Waals surface area contributed by atoms with E-state index in [1.54, 1.807) is 0 Å². The van der Waals surface area contributed by atoms with Crippen molar-refractivity contribution in [3.63, 3.8) is 0 Å². The van der Waals surface area contributed by atoms with Crippen molar-refractivity contribution in [2.75, 3.05) is 6.61 Å². The van der Waals surface area contributed by atoms with Crippen LogP contribution in [0, 0.1) is 23.7 Å². The largest absolute Gasteiger partial charge is 0.486 e. The first-order valence-corrected chi connectivity index (χ1v) is 17.3. The van der Waals surface area contributed by atoms with Gasteiger partial charge in [0.25, 0.3) is 11.9 Å². The van der Waals surface area contributed by atoms with Crippen LogP contribution in [0.25, 0.3) is 11.4 Å². The minimum Gasteiger partial charge on any atom is -0.486 e. The summed E-state index contributed by atoms with van der Waals surface area (Å²) in [6.45, 7) is 1.86. The quantitative estimate of drug-likeness (QED) is 0.0789. The Morgan fingerprint density at radius 3 is 2.11 bits per heavy atom. The lowest BCUT2D eigenvalue weighted by Gasteiger charge is -2.33. The molecule has 2 atom stereocenters. The summed E-state index contributed by atoms with van der Waals surface area (Å²) >= 11 is 0. The second-order valence-electron chi connectivity index (χ2n) is 13.1. The summed E-state index contributed by atoms with van der Waals surface area (Å²) in [5, 5.41) is 0. The molecule has 0 N–H and O–H groups in total. The number of halogens is 5. The topological polar surface area (TPSA) is 35.0 Å². The number of ether oxygens (including phenoxy) is 1. The molecule has 2 heterocycles. The van der Waals surface area contributed by atoms with Gasteiger partial charge in [-0.15, -0.1) is 0 Å². The molecule has 1 fully saturated rings. The van der Waals surface area contributed by atoms with Crippen LogP contribution >= 0.6 is 0 Å². The first-order valence-electron chi connectivity index (χ1n) is 17.3. The summed E-state index contributed by atoms with van der Waals surface area (Å²) in [4.78, 5) is 7.60. The van der Waals surface area contributed by atoms with Crippen LogP contribution in [0.15, 0.2) is 18.2 Å². The van der Waals surface area contributed by atoms with Gasteiger partial charge >= 0.3 is 0 Å². The van der Waals surface area contributed by atoms with Gasteiger partial charge in [0, 0.05) is 5.92 Å². The second kappa shape index (κ2) is 17.4. The molecule has 0 spiro atoms. The summed E-state index contributed by atoms with van der Waals surface area (Å²) in [6, 6.07) is 4.09. The third kappa shape index (κ3) is 10.4. The Morgan fingerprint density at radius 2 is 1.43 bits per heavy atom. The lowest BCUT2D eigenvalue weighted by Crippen LogP contribution is -2.33. The molecule has 44 heavy (non-hydrogen) atoms. The van der Waals surface area contributed by atoms with E-state index >= 15 is 13.2 Å². The summed E-state index contributed by atoms with van der Waals surface area (Å²) < 4.78 is 80.3. The molecule has 2 aliphatic carbocycles. The fraction of sp³-hybridized carbons (Fsp3) is 0.722. The minimum atomic E-state index is -3.30. The number of rotatable bonds is 21. The standard InChI is InChI=1S/C36H51F5N2O/c1-2-3-4-5-11-14-17-29(37)25-44-32-23-22-30(42-34(32)38)31-24-27-20-21-28(36(40,41)33(27)35(39)43-31)16-13-10-8-6-7-9-12-15-26-18-19-26/h22-24,26,28-29H,2-21,25H2,1H3. The van der Waals surface area contributed by atoms with Crippen molar-refractivity contribution in [2.45, 2.75) is 147 Å². The average molecular weight is 623 g/mol. The van der Waals surface area contributed by atoms with Crippen LogP contribution in [-0.2, 0) is 12.3 Å². The number of aryl methyl sites for hydroxylation is 1. The minimum absolute atomic E-state index is 0.00970. The van der Waals surface area contributed by atoms with E-state index < -0.39 is 35.5 Å². The number of hydrogen-bond acceptors (Lipinski definition) is 3. The number of hydrogen-bond donors (Lipinski definition) is 0. The maximum atomic E-state index is 15.5. The number of aromatic nitrogens is 2. The molecule has 2 aromatic rings. The fourth-order valence-corrected chi connectivity index (χ4v) is 6.48. The van der Waals surface area contributed by atoms with Gasteiger partial charge in [0.2, 0.25) is 5.95 Å². The third-order valence-electron chi connectivity index (χ3n) is 9.39. The molecule has 0 saturated heterocycles. The van der Waals surface area contributed by atoms with Gasteiger partial charge in [-0.3, -0.25) is 0 Å². The fourth-order valence-electron chi connectivity index (χ4n) is 6.48. The van der Waals surface area contributed by atoms with Crippen molar-refractivity contribution >= 4 is 0 Å². The summed E-state index contributed by atoms with van der Waals surface area (Å²) in [5.41, 5.74) is -0.437. The van der Waals surface area contributed by atoms with Crippen LogP contribution < -0.4 is 4.74 Å². The molecule has 2 unspecified atom stereocenters. The molecule has 1 saturated carbocycles. The Hall–Kier alpha value is -2.25. The Bertz CT molecular complexity index is 1160. The van der Waals surface area contributed by atoms with Gasteiger partial charge in [0.15, 0.2) is 5.75 Å². The van der Waals surface area contributed by atoms with E-state index in [1.807, 2.05) is 0 Å². The van der Waals surface area contributed by atoms with Crippen LogP contribution in [0.1, 0.15) is 140 Å². The Labute approximate surface area is 260 Å². The van der Waals surface area contributed by atoms with E-state index in [1.165, 1.54) is 63.1 Å². The van der Waals surface area contributed by atoms with Gasteiger partial charge in [0.05, 0.1) is 17.0 Å². The molecule has 0 aliphatic heterocycles. The Morgan fingerprint density at radius 1 is 0.795 bits per heavy atom. The number of unbranched alkanes of at least 4 members (excludes halogenated alkanes) is 11. The summed E-state index contributed by atoms with van der Waals surface area (Å²) in [7, 11) is 0. The Kier molecular flexibility index (Phi) is 13.7. The molecule has 246 valence electrons. The molecular weight excluding hydrogens is 571 g/mol. The third-order valence-corrected chi connectivity index (χ3v) is 9.39. The molecular formula is C36H51F5N2O. The first kappa shape index (κ1) is 34.6. The number of nitrogens with zero attached hydrogens (tertiary/aromatic N) is 2. The predicted octanol–water partition coefficient (Wildman–Crippen LogP) is 11.5. The van der Waals surface area contributed by atoms with E-state index in [0.717, 1.165) is 57.3 Å². The van der Waals surface area contributed by atoms with Gasteiger partial charge in [-0.25, -0.2) is 23.1 Å². The molecule has 0 aromatic carbocycles. The molecule has 4 rings (SSSR count). The monoisotopic (exact) mass is 622 g/mol. The molecule has 0 radical (unpaired) electrons. The maximum absolute atomic E-state index is 15.5. The zero-order valence-corrected chi connectivity index (χ0v) is 26.5. The van der Waals surface area contributed by atoms with Gasteiger partial charge in [-0.05, 0) is 55.4 Å². The van der Waals surface area contributed by atoms with E-state index in [2.05, 4.69) is 16.9 Å². The lowest BCUT2D eigenvalue weighted by molar-refractivity contribution is -0.0824. The highest BCUT2D eigenvalue weighted by Gasteiger charge is 2.47. The van der Waals surface area contributed by atoms with Gasteiger partial charge in [0.1, 0.15) is 12.8 Å².